The van der Waals surface area contributed by atoms with E-state index < -0.39 is 0 Å². The Morgan fingerprint density at radius 1 is 1.17 bits per heavy atom. The van der Waals surface area contributed by atoms with Gasteiger partial charge in [-0.3, -0.25) is 0 Å². The average Bonchev–Trinajstić information content (AvgIpc) is 3.24. The molecule has 6 nitrogen and oxygen atoms in total. The van der Waals surface area contributed by atoms with Gasteiger partial charge in [-0.05, 0) is 53.1 Å². The van der Waals surface area contributed by atoms with E-state index in [2.05, 4.69) is 50.5 Å². The van der Waals surface area contributed by atoms with Gasteiger partial charge < -0.3 is 4.98 Å². The van der Waals surface area contributed by atoms with Crippen molar-refractivity contribution in [3.8, 4) is 22.5 Å². The second kappa shape index (κ2) is 5.64. The molecule has 1 N–H and O–H groups in total. The Morgan fingerprint density at radius 2 is 2.09 bits per heavy atom. The number of aromatic amines is 1. The minimum atomic E-state index is 0.604. The zero-order valence-electron chi connectivity index (χ0n) is 12.7. The van der Waals surface area contributed by atoms with Gasteiger partial charge in [0.2, 0.25) is 5.82 Å². The maximum atomic E-state index is 4.36. The van der Waals surface area contributed by atoms with Crippen LogP contribution in [0.4, 0.5) is 0 Å². The number of hydrogen-bond acceptors (Lipinski definition) is 4. The van der Waals surface area contributed by atoms with Gasteiger partial charge in [0.15, 0.2) is 0 Å². The molecule has 2 aromatic carbocycles. The number of nitrogens with one attached hydrogen (secondary N) is 1. The predicted molar refractivity (Wildman–Crippen MR) is 87.5 cm³/mol. The number of rotatable bonds is 4. The molecule has 0 saturated heterocycles. The summed E-state index contributed by atoms with van der Waals surface area (Å²) in [6.07, 6.45) is 2.68. The van der Waals surface area contributed by atoms with Gasteiger partial charge in [-0.15, -0.1) is 10.2 Å². The Kier molecular flexibility index (Phi) is 3.34. The molecule has 0 aliphatic rings. The van der Waals surface area contributed by atoms with Crippen LogP contribution in [0.15, 0.2) is 42.7 Å². The normalized spacial score (nSPS) is 11.2. The van der Waals surface area contributed by atoms with Crippen molar-refractivity contribution in [2.24, 2.45) is 0 Å². The maximum Gasteiger partial charge on any atom is 0.205 e. The van der Waals surface area contributed by atoms with Gasteiger partial charge in [0.1, 0.15) is 0 Å². The lowest BCUT2D eigenvalue weighted by Gasteiger charge is -2.02. The van der Waals surface area contributed by atoms with Crippen molar-refractivity contribution in [3.05, 3.63) is 48.8 Å². The number of fused-ring (bicyclic) bond motifs is 1. The fourth-order valence-corrected chi connectivity index (χ4v) is 2.50. The monoisotopic (exact) mass is 303 g/mol. The number of benzene rings is 2. The Labute approximate surface area is 133 Å². The maximum absolute atomic E-state index is 4.36. The Hall–Kier alpha value is -3.02. The summed E-state index contributed by atoms with van der Waals surface area (Å²) in [6.45, 7) is 2.86. The summed E-state index contributed by atoms with van der Waals surface area (Å²) in [7, 11) is 0. The highest BCUT2D eigenvalue weighted by Gasteiger charge is 2.07. The molecule has 6 heteroatoms. The summed E-state index contributed by atoms with van der Waals surface area (Å²) >= 11 is 0. The smallest absolute Gasteiger partial charge is 0.205 e. The van der Waals surface area contributed by atoms with Crippen LogP contribution in [0.2, 0.25) is 0 Å². The summed E-state index contributed by atoms with van der Waals surface area (Å²) < 4.78 is 0. The predicted octanol–water partition coefficient (Wildman–Crippen LogP) is 3.09. The molecule has 0 atom stereocenters. The van der Waals surface area contributed by atoms with Gasteiger partial charge in [-0.25, -0.2) is 4.98 Å². The fourth-order valence-electron chi connectivity index (χ4n) is 2.50. The van der Waals surface area contributed by atoms with Gasteiger partial charge in [0.05, 0.1) is 23.9 Å². The van der Waals surface area contributed by atoms with Crippen LogP contribution >= 0.6 is 0 Å². The van der Waals surface area contributed by atoms with E-state index in [0.717, 1.165) is 40.7 Å². The van der Waals surface area contributed by atoms with Crippen LogP contribution in [0.1, 0.15) is 13.3 Å². The topological polar surface area (TPSA) is 72.3 Å². The average molecular weight is 303 g/mol. The molecule has 4 rings (SSSR count). The first kappa shape index (κ1) is 13.6. The molecule has 0 amide bonds. The second-order valence-corrected chi connectivity index (χ2v) is 5.33. The molecule has 0 unspecified atom stereocenters. The first-order chi connectivity index (χ1) is 11.3. The first-order valence-electron chi connectivity index (χ1n) is 7.57. The zero-order valence-corrected chi connectivity index (χ0v) is 12.7. The molecule has 113 valence electrons. The number of nitrogens with zero attached hydrogens (tertiary/aromatic N) is 5. The third-order valence-electron chi connectivity index (χ3n) is 3.68. The number of imidazole rings is 1. The van der Waals surface area contributed by atoms with E-state index in [9.17, 15) is 0 Å². The van der Waals surface area contributed by atoms with E-state index >= 15 is 0 Å². The van der Waals surface area contributed by atoms with Crippen LogP contribution in [0.25, 0.3) is 33.5 Å². The summed E-state index contributed by atoms with van der Waals surface area (Å²) in [5, 5.41) is 12.5. The SMILES string of the molecule is CCCn1nnc(-c2[c]cc(-c3ccc4[nH]cnc4c3)cc2)n1. The molecule has 0 saturated carbocycles. The minimum absolute atomic E-state index is 0.604. The Bertz CT molecular complexity index is 935. The van der Waals surface area contributed by atoms with Crippen LogP contribution in [0, 0.1) is 6.07 Å². The molecule has 0 bridgehead atoms. The first-order valence-corrected chi connectivity index (χ1v) is 7.57. The Balaban J connectivity index is 1.63. The molecular weight excluding hydrogens is 288 g/mol. The van der Waals surface area contributed by atoms with Gasteiger partial charge in [-0.1, -0.05) is 19.1 Å². The highest BCUT2D eigenvalue weighted by atomic mass is 15.6. The largest absolute Gasteiger partial charge is 0.345 e. The van der Waals surface area contributed by atoms with Crippen molar-refractivity contribution < 1.29 is 0 Å². The molecular formula is C17H15N6. The van der Waals surface area contributed by atoms with Crippen LogP contribution in [0.3, 0.4) is 0 Å². The lowest BCUT2D eigenvalue weighted by molar-refractivity contribution is 0.515. The van der Waals surface area contributed by atoms with E-state index in [1.807, 2.05) is 24.3 Å². The molecule has 4 aromatic rings. The van der Waals surface area contributed by atoms with Crippen LogP contribution in [0.5, 0.6) is 0 Å². The molecule has 0 aliphatic carbocycles. The lowest BCUT2D eigenvalue weighted by Crippen LogP contribution is -2.00. The van der Waals surface area contributed by atoms with Crippen molar-refractivity contribution in [3.63, 3.8) is 0 Å². The zero-order chi connectivity index (χ0) is 15.6. The van der Waals surface area contributed by atoms with E-state index in [4.69, 9.17) is 0 Å². The number of aryl methyl sites for hydroxylation is 1. The van der Waals surface area contributed by atoms with E-state index in [0.29, 0.717) is 5.82 Å². The van der Waals surface area contributed by atoms with Crippen LogP contribution in [-0.2, 0) is 6.54 Å². The van der Waals surface area contributed by atoms with Crippen molar-refractivity contribution in [2.75, 3.05) is 0 Å². The van der Waals surface area contributed by atoms with Crippen LogP contribution < -0.4 is 0 Å². The molecule has 0 spiro atoms. The molecule has 0 fully saturated rings. The highest BCUT2D eigenvalue weighted by Crippen LogP contribution is 2.24. The van der Waals surface area contributed by atoms with Gasteiger partial charge >= 0.3 is 0 Å². The Morgan fingerprint density at radius 3 is 2.91 bits per heavy atom. The molecule has 1 radical (unpaired) electrons. The van der Waals surface area contributed by atoms with E-state index in [1.165, 1.54) is 0 Å². The van der Waals surface area contributed by atoms with Crippen molar-refractivity contribution >= 4 is 11.0 Å². The highest BCUT2D eigenvalue weighted by molar-refractivity contribution is 5.81. The van der Waals surface area contributed by atoms with E-state index in [-0.39, 0.29) is 0 Å². The lowest BCUT2D eigenvalue weighted by atomic mass is 10.0. The number of H-pyrrole nitrogens is 1. The fraction of sp³-hybridized carbons (Fsp3) is 0.176. The molecule has 2 heterocycles. The van der Waals surface area contributed by atoms with Gasteiger partial charge in [0, 0.05) is 5.56 Å². The van der Waals surface area contributed by atoms with Crippen LogP contribution in [-0.4, -0.2) is 30.2 Å². The second-order valence-electron chi connectivity index (χ2n) is 5.33. The summed E-state index contributed by atoms with van der Waals surface area (Å²) in [6, 6.07) is 15.4. The molecule has 0 aliphatic heterocycles. The van der Waals surface area contributed by atoms with Crippen molar-refractivity contribution in [1.29, 1.82) is 0 Å². The van der Waals surface area contributed by atoms with Gasteiger partial charge in [-0.2, -0.15) is 4.80 Å². The summed E-state index contributed by atoms with van der Waals surface area (Å²) in [5.74, 6) is 0.604. The molecule has 23 heavy (non-hydrogen) atoms. The van der Waals surface area contributed by atoms with E-state index in [1.54, 1.807) is 11.1 Å². The number of hydrogen-bond donors (Lipinski definition) is 1. The summed E-state index contributed by atoms with van der Waals surface area (Å²) in [4.78, 5) is 9.00. The number of tetrazole rings is 1. The quantitative estimate of drug-likeness (QED) is 0.629. The molecule has 2 aromatic heterocycles. The van der Waals surface area contributed by atoms with Crippen molar-refractivity contribution in [1.82, 2.24) is 30.2 Å². The van der Waals surface area contributed by atoms with Gasteiger partial charge in [0.25, 0.3) is 0 Å². The minimum Gasteiger partial charge on any atom is -0.345 e. The standard InChI is InChI=1S/C17H15N6/c1-2-9-23-21-17(20-22-23)13-5-3-12(4-6-13)14-7-8-15-16(10-14)19-11-18-15/h3-5,7-8,10-11H,2,9H2,1H3,(H,18,19). The summed E-state index contributed by atoms with van der Waals surface area (Å²) in [5.41, 5.74) is 5.02. The van der Waals surface area contributed by atoms with Crippen molar-refractivity contribution in [2.45, 2.75) is 19.9 Å². The third kappa shape index (κ3) is 2.59. The number of aromatic nitrogens is 6. The third-order valence-corrected chi connectivity index (χ3v) is 3.68.